The van der Waals surface area contributed by atoms with Gasteiger partial charge in [-0.2, -0.15) is 5.26 Å². The van der Waals surface area contributed by atoms with Crippen molar-refractivity contribution < 1.29 is 4.92 Å². The van der Waals surface area contributed by atoms with Crippen LogP contribution in [0.5, 0.6) is 0 Å². The second-order valence-electron chi connectivity index (χ2n) is 3.45. The fourth-order valence-corrected chi connectivity index (χ4v) is 1.72. The van der Waals surface area contributed by atoms with Gasteiger partial charge in [-0.25, -0.2) is 0 Å². The van der Waals surface area contributed by atoms with Crippen molar-refractivity contribution in [3.63, 3.8) is 0 Å². The van der Waals surface area contributed by atoms with Crippen LogP contribution in [-0.2, 0) is 6.54 Å². The van der Waals surface area contributed by atoms with Crippen molar-refractivity contribution in [2.45, 2.75) is 6.54 Å². The van der Waals surface area contributed by atoms with Crippen LogP contribution in [-0.4, -0.2) is 9.49 Å². The highest BCUT2D eigenvalue weighted by atomic mass is 16.6. The number of nitrogens with zero attached hydrogens (tertiary/aromatic N) is 3. The first-order valence-corrected chi connectivity index (χ1v) is 4.78. The fourth-order valence-electron chi connectivity index (χ4n) is 1.72. The van der Waals surface area contributed by atoms with E-state index in [1.165, 1.54) is 12.1 Å². The van der Waals surface area contributed by atoms with Crippen LogP contribution in [0.2, 0.25) is 0 Å². The molecule has 17 heavy (non-hydrogen) atoms. The van der Waals surface area contributed by atoms with Gasteiger partial charge in [0.15, 0.2) is 0 Å². The lowest BCUT2D eigenvalue weighted by molar-refractivity contribution is -0.384. The van der Waals surface area contributed by atoms with E-state index in [1.54, 1.807) is 16.8 Å². The number of hydrogen-bond donors (Lipinski definition) is 0. The number of nitriles is 1. The maximum Gasteiger partial charge on any atom is 0.270 e. The molecule has 1 aromatic carbocycles. The molecule has 2 rings (SSSR count). The molecule has 2 aromatic rings. The van der Waals surface area contributed by atoms with Crippen molar-refractivity contribution in [3.8, 4) is 18.4 Å². The summed E-state index contributed by atoms with van der Waals surface area (Å²) in [4.78, 5) is 10.2. The lowest BCUT2D eigenvalue weighted by Crippen LogP contribution is -1.93. The monoisotopic (exact) mass is 225 g/mol. The largest absolute Gasteiger partial charge is 0.334 e. The van der Waals surface area contributed by atoms with Crippen LogP contribution < -0.4 is 0 Å². The van der Waals surface area contributed by atoms with E-state index in [2.05, 4.69) is 5.92 Å². The van der Waals surface area contributed by atoms with Crippen LogP contribution >= 0.6 is 0 Å². The Bertz CT molecular complexity index is 686. The molecule has 0 N–H and O–H groups in total. The molecule has 1 heterocycles. The Hall–Kier alpha value is -2.79. The molecule has 0 atom stereocenters. The number of rotatable bonds is 2. The number of benzene rings is 1. The van der Waals surface area contributed by atoms with Crippen molar-refractivity contribution in [2.75, 3.05) is 0 Å². The molecule has 82 valence electrons. The van der Waals surface area contributed by atoms with Gasteiger partial charge in [-0.3, -0.25) is 10.1 Å². The van der Waals surface area contributed by atoms with E-state index in [1.807, 2.05) is 6.07 Å². The molecular weight excluding hydrogens is 218 g/mol. The zero-order chi connectivity index (χ0) is 12.4. The molecule has 0 radical (unpaired) electrons. The van der Waals surface area contributed by atoms with Gasteiger partial charge in [0.1, 0.15) is 6.07 Å². The van der Waals surface area contributed by atoms with Gasteiger partial charge >= 0.3 is 0 Å². The zero-order valence-corrected chi connectivity index (χ0v) is 8.75. The Labute approximate surface area is 97.0 Å². The molecule has 5 nitrogen and oxygen atoms in total. The average molecular weight is 225 g/mol. The lowest BCUT2D eigenvalue weighted by Gasteiger charge is -1.98. The third-order valence-electron chi connectivity index (χ3n) is 2.46. The van der Waals surface area contributed by atoms with Gasteiger partial charge in [-0.1, -0.05) is 5.92 Å². The molecule has 0 aliphatic heterocycles. The number of nitro groups is 1. The number of nitro benzene ring substituents is 1. The minimum absolute atomic E-state index is 0.0348. The number of fused-ring (bicyclic) bond motifs is 1. The summed E-state index contributed by atoms with van der Waals surface area (Å²) in [5, 5.41) is 20.2. The van der Waals surface area contributed by atoms with Crippen molar-refractivity contribution in [1.82, 2.24) is 4.57 Å². The standard InChI is InChI=1S/C12H7N3O2/c1-2-5-14-8-9(7-13)11-6-10(15(16)17)3-4-12(11)14/h1,3-4,6,8H,5H2. The summed E-state index contributed by atoms with van der Waals surface area (Å²) in [6.07, 6.45) is 6.82. The van der Waals surface area contributed by atoms with Crippen LogP contribution in [0.1, 0.15) is 5.56 Å². The van der Waals surface area contributed by atoms with Crippen LogP contribution in [0.15, 0.2) is 24.4 Å². The molecule has 0 aliphatic carbocycles. The maximum absolute atomic E-state index is 10.7. The second-order valence-corrected chi connectivity index (χ2v) is 3.45. The highest BCUT2D eigenvalue weighted by molar-refractivity contribution is 5.88. The normalized spacial score (nSPS) is 9.76. The van der Waals surface area contributed by atoms with Crippen molar-refractivity contribution in [3.05, 3.63) is 40.1 Å². The van der Waals surface area contributed by atoms with Gasteiger partial charge in [-0.15, -0.1) is 6.42 Å². The molecule has 0 unspecified atom stereocenters. The third kappa shape index (κ3) is 1.70. The predicted molar refractivity (Wildman–Crippen MR) is 62.1 cm³/mol. The molecule has 0 bridgehead atoms. The van der Waals surface area contributed by atoms with Crippen molar-refractivity contribution in [2.24, 2.45) is 0 Å². The third-order valence-corrected chi connectivity index (χ3v) is 2.46. The Morgan fingerprint density at radius 1 is 1.53 bits per heavy atom. The predicted octanol–water partition coefficient (Wildman–Crippen LogP) is 2.05. The van der Waals surface area contributed by atoms with E-state index in [4.69, 9.17) is 11.7 Å². The van der Waals surface area contributed by atoms with Crippen LogP contribution in [0.4, 0.5) is 5.69 Å². The summed E-state index contributed by atoms with van der Waals surface area (Å²) < 4.78 is 1.72. The number of hydrogen-bond acceptors (Lipinski definition) is 3. The van der Waals surface area contributed by atoms with E-state index in [0.29, 0.717) is 17.5 Å². The zero-order valence-electron chi connectivity index (χ0n) is 8.75. The van der Waals surface area contributed by atoms with Crippen molar-refractivity contribution in [1.29, 1.82) is 5.26 Å². The second kappa shape index (κ2) is 3.99. The average Bonchev–Trinajstić information content (AvgIpc) is 2.67. The summed E-state index contributed by atoms with van der Waals surface area (Å²) in [7, 11) is 0. The van der Waals surface area contributed by atoms with Crippen LogP contribution in [0, 0.1) is 33.8 Å². The Kier molecular flexibility index (Phi) is 2.52. The van der Waals surface area contributed by atoms with Gasteiger partial charge in [0.2, 0.25) is 0 Å². The molecule has 0 spiro atoms. The highest BCUT2D eigenvalue weighted by Crippen LogP contribution is 2.25. The van der Waals surface area contributed by atoms with E-state index in [-0.39, 0.29) is 5.69 Å². The molecule has 0 amide bonds. The SMILES string of the molecule is C#CCn1cc(C#N)c2cc([N+](=O)[O-])ccc21. The van der Waals surface area contributed by atoms with Crippen LogP contribution in [0.25, 0.3) is 10.9 Å². The van der Waals surface area contributed by atoms with Gasteiger partial charge in [-0.05, 0) is 6.07 Å². The summed E-state index contributed by atoms with van der Waals surface area (Å²) in [5.41, 5.74) is 1.08. The van der Waals surface area contributed by atoms with E-state index >= 15 is 0 Å². The molecule has 0 fully saturated rings. The first-order chi connectivity index (χ1) is 8.17. The number of aromatic nitrogens is 1. The summed E-state index contributed by atoms with van der Waals surface area (Å²) in [5.74, 6) is 2.47. The quantitative estimate of drug-likeness (QED) is 0.446. The topological polar surface area (TPSA) is 71.9 Å². The molecule has 1 aromatic heterocycles. The summed E-state index contributed by atoms with van der Waals surface area (Å²) in [6, 6.07) is 6.39. The Morgan fingerprint density at radius 2 is 2.29 bits per heavy atom. The molecule has 0 saturated heterocycles. The number of terminal acetylenes is 1. The minimum atomic E-state index is -0.487. The molecule has 0 saturated carbocycles. The molecule has 0 aliphatic rings. The van der Waals surface area contributed by atoms with E-state index in [0.717, 1.165) is 5.52 Å². The summed E-state index contributed by atoms with van der Waals surface area (Å²) in [6.45, 7) is 0.329. The van der Waals surface area contributed by atoms with Gasteiger partial charge < -0.3 is 4.57 Å². The minimum Gasteiger partial charge on any atom is -0.334 e. The van der Waals surface area contributed by atoms with Crippen molar-refractivity contribution >= 4 is 16.6 Å². The van der Waals surface area contributed by atoms with Gasteiger partial charge in [0.05, 0.1) is 22.5 Å². The molecule has 5 heteroatoms. The first kappa shape index (κ1) is 10.7. The molecular formula is C12H7N3O2. The maximum atomic E-state index is 10.7. The Balaban J connectivity index is 2.74. The van der Waals surface area contributed by atoms with Gasteiger partial charge in [0.25, 0.3) is 5.69 Å². The Morgan fingerprint density at radius 3 is 2.88 bits per heavy atom. The first-order valence-electron chi connectivity index (χ1n) is 4.78. The highest BCUT2D eigenvalue weighted by Gasteiger charge is 2.12. The number of non-ortho nitro benzene ring substituents is 1. The lowest BCUT2D eigenvalue weighted by atomic mass is 10.2. The smallest absolute Gasteiger partial charge is 0.270 e. The van der Waals surface area contributed by atoms with Gasteiger partial charge in [0, 0.05) is 23.7 Å². The fraction of sp³-hybridized carbons (Fsp3) is 0.0833. The van der Waals surface area contributed by atoms with Crippen LogP contribution in [0.3, 0.4) is 0 Å². The van der Waals surface area contributed by atoms with E-state index < -0.39 is 4.92 Å². The van der Waals surface area contributed by atoms with E-state index in [9.17, 15) is 10.1 Å². The summed E-state index contributed by atoms with van der Waals surface area (Å²) >= 11 is 0.